The topological polar surface area (TPSA) is 287 Å². The van der Waals surface area contributed by atoms with Gasteiger partial charge in [-0.2, -0.15) is 65.7 Å². The minimum absolute atomic E-state index is 0.00307. The lowest BCUT2D eigenvalue weighted by molar-refractivity contribution is -0.112. The van der Waals surface area contributed by atoms with Gasteiger partial charge in [0.2, 0.25) is 23.1 Å². The van der Waals surface area contributed by atoms with Crippen molar-refractivity contribution in [2.45, 2.75) is 16.7 Å². The summed E-state index contributed by atoms with van der Waals surface area (Å²) in [5, 5.41) is 26.2. The third-order valence-electron chi connectivity index (χ3n) is 7.07. The molecule has 0 saturated carbocycles. The van der Waals surface area contributed by atoms with Crippen molar-refractivity contribution in [3.8, 4) is 5.75 Å². The predicted octanol–water partition coefficient (Wildman–Crippen LogP) is 4.87. The van der Waals surface area contributed by atoms with Gasteiger partial charge in [-0.05, 0) is 79.2 Å². The van der Waals surface area contributed by atoms with Gasteiger partial charge in [0.15, 0.2) is 11.5 Å². The standard InChI is InChI=1S/C29H20Cl2F2N12O8S2/c1-12-22(43-42-17-11-16(54(48,49)50)7-8-19(17)46)25(47)45(44-12)15-5-2-13(3-6-15)35-28-39-26(31)40-29(41-28)36-18-10-14(4-9-20(18)55(51,52)53)34-24-21(30)23(32)37-27(33)38-24/h2-11,42,46H,1H3,(H,34,37,38)(H,48,49,50)(H,51,52,53)(H2,35,36,39,40,41)/b43-22-. The Morgan fingerprint density at radius 2 is 1.45 bits per heavy atom. The maximum absolute atomic E-state index is 13.8. The Bertz CT molecular complexity index is 2680. The first-order chi connectivity index (χ1) is 25.8. The Balaban J connectivity index is 1.18. The fourth-order valence-corrected chi connectivity index (χ4v) is 6.05. The molecule has 0 fully saturated rings. The maximum Gasteiger partial charge on any atom is 0.313 e. The zero-order valence-corrected chi connectivity index (χ0v) is 30.2. The molecule has 2 aromatic heterocycles. The van der Waals surface area contributed by atoms with Crippen LogP contribution < -0.4 is 26.4 Å². The number of phenols is 1. The van der Waals surface area contributed by atoms with Crippen LogP contribution in [0.1, 0.15) is 6.92 Å². The minimum atomic E-state index is -4.85. The van der Waals surface area contributed by atoms with Crippen molar-refractivity contribution in [2.24, 2.45) is 10.2 Å². The van der Waals surface area contributed by atoms with Gasteiger partial charge in [0.1, 0.15) is 15.7 Å². The van der Waals surface area contributed by atoms with Gasteiger partial charge in [0.25, 0.3) is 20.2 Å². The zero-order valence-electron chi connectivity index (χ0n) is 27.1. The molecule has 0 radical (unpaired) electrons. The van der Waals surface area contributed by atoms with Crippen LogP contribution in [0.2, 0.25) is 10.3 Å². The highest BCUT2D eigenvalue weighted by atomic mass is 35.5. The van der Waals surface area contributed by atoms with E-state index < -0.39 is 64.6 Å². The largest absolute Gasteiger partial charge is 0.506 e. The van der Waals surface area contributed by atoms with Gasteiger partial charge in [-0.3, -0.25) is 19.3 Å². The third-order valence-corrected chi connectivity index (χ3v) is 9.33. The van der Waals surface area contributed by atoms with Gasteiger partial charge in [-0.15, -0.1) is 0 Å². The van der Waals surface area contributed by atoms with Crippen LogP contribution >= 0.6 is 23.2 Å². The highest BCUT2D eigenvalue weighted by molar-refractivity contribution is 7.86. The number of amides is 1. The lowest BCUT2D eigenvalue weighted by Crippen LogP contribution is -2.27. The summed E-state index contributed by atoms with van der Waals surface area (Å²) in [4.78, 5) is 30.3. The number of hydrogen-bond acceptors (Lipinski definition) is 17. The normalized spacial score (nSPS) is 13.9. The molecule has 1 aliphatic heterocycles. The van der Waals surface area contributed by atoms with E-state index in [0.29, 0.717) is 5.69 Å². The van der Waals surface area contributed by atoms with Crippen molar-refractivity contribution in [3.05, 3.63) is 83.0 Å². The van der Waals surface area contributed by atoms with E-state index in [4.69, 9.17) is 23.2 Å². The monoisotopic (exact) mass is 836 g/mol. The second kappa shape index (κ2) is 14.9. The molecule has 20 nitrogen and oxygen atoms in total. The van der Waals surface area contributed by atoms with Crippen molar-refractivity contribution in [2.75, 3.05) is 26.4 Å². The molecule has 0 atom stereocenters. The van der Waals surface area contributed by atoms with E-state index in [0.717, 1.165) is 41.4 Å². The number of aromatic hydroxyl groups is 1. The number of aromatic nitrogens is 5. The number of hydrogen-bond donors (Lipinski definition) is 7. The Kier molecular flexibility index (Phi) is 10.5. The Hall–Kier alpha value is -6.18. The third kappa shape index (κ3) is 8.80. The molecule has 0 aliphatic carbocycles. The number of halogens is 4. The SMILES string of the molecule is CC1=NN(c2ccc(Nc3nc(Cl)nc(Nc4cc(Nc5nc(F)nc(F)c5Cl)ccc4S(=O)(=O)O)n3)cc2)C(=O)/C1=N\Nc1cc(S(=O)(=O)O)ccc1O. The lowest BCUT2D eigenvalue weighted by atomic mass is 10.2. The van der Waals surface area contributed by atoms with E-state index in [-0.39, 0.29) is 51.4 Å². The van der Waals surface area contributed by atoms with Gasteiger partial charge < -0.3 is 21.1 Å². The van der Waals surface area contributed by atoms with Crippen LogP contribution in [0.25, 0.3) is 0 Å². The summed E-state index contributed by atoms with van der Waals surface area (Å²) in [6, 6.07) is 12.1. The number of anilines is 8. The molecule has 0 spiro atoms. The Morgan fingerprint density at radius 3 is 2.13 bits per heavy atom. The van der Waals surface area contributed by atoms with Crippen LogP contribution in [-0.4, -0.2) is 73.3 Å². The van der Waals surface area contributed by atoms with Crippen LogP contribution in [0.3, 0.4) is 0 Å². The highest BCUT2D eigenvalue weighted by Gasteiger charge is 2.31. The summed E-state index contributed by atoms with van der Waals surface area (Å²) < 4.78 is 93.7. The number of carbonyl (C=O) groups excluding carboxylic acids is 1. The fraction of sp³-hybridized carbons (Fsp3) is 0.0345. The zero-order chi connectivity index (χ0) is 39.8. The van der Waals surface area contributed by atoms with Gasteiger partial charge in [-0.25, -0.2) is 0 Å². The number of nitrogens with zero attached hydrogens (tertiary/aromatic N) is 8. The molecule has 26 heteroatoms. The average molecular weight is 838 g/mol. The summed E-state index contributed by atoms with van der Waals surface area (Å²) >= 11 is 11.9. The van der Waals surface area contributed by atoms with E-state index in [9.17, 15) is 44.6 Å². The van der Waals surface area contributed by atoms with E-state index in [1.807, 2.05) is 0 Å². The number of hydrazone groups is 2. The quantitative estimate of drug-likeness (QED) is 0.0307. The van der Waals surface area contributed by atoms with Gasteiger partial charge in [0.05, 0.1) is 27.7 Å². The molecule has 284 valence electrons. The molecule has 7 N–H and O–H groups in total. The number of phenolic OH excluding ortho intramolecular Hbond substituents is 1. The van der Waals surface area contributed by atoms with Gasteiger partial charge in [-0.1, -0.05) is 11.6 Å². The smallest absolute Gasteiger partial charge is 0.313 e. The number of nitrogens with one attached hydrogen (secondary N) is 4. The average Bonchev–Trinajstić information content (AvgIpc) is 3.37. The van der Waals surface area contributed by atoms with E-state index in [1.54, 1.807) is 0 Å². The van der Waals surface area contributed by atoms with Crippen LogP contribution in [-0.2, 0) is 25.0 Å². The van der Waals surface area contributed by atoms with E-state index >= 15 is 0 Å². The summed E-state index contributed by atoms with van der Waals surface area (Å²) in [5.41, 5.74) is 2.52. The predicted molar refractivity (Wildman–Crippen MR) is 194 cm³/mol. The van der Waals surface area contributed by atoms with Gasteiger partial charge in [0, 0.05) is 11.4 Å². The molecule has 3 heterocycles. The maximum atomic E-state index is 13.8. The molecule has 55 heavy (non-hydrogen) atoms. The van der Waals surface area contributed by atoms with E-state index in [1.165, 1.54) is 31.2 Å². The second-order valence-corrected chi connectivity index (χ2v) is 14.4. The molecular formula is C29H20Cl2F2N12O8S2. The minimum Gasteiger partial charge on any atom is -0.506 e. The molecular weight excluding hydrogens is 817 g/mol. The van der Waals surface area contributed by atoms with Crippen molar-refractivity contribution < 1.29 is 44.6 Å². The van der Waals surface area contributed by atoms with Crippen molar-refractivity contribution >= 4 is 107 Å². The van der Waals surface area contributed by atoms with Gasteiger partial charge >= 0.3 is 12.0 Å². The molecule has 6 rings (SSSR count). The van der Waals surface area contributed by atoms with Crippen LogP contribution in [0.15, 0.2) is 80.7 Å². The molecule has 0 bridgehead atoms. The van der Waals surface area contributed by atoms with Crippen molar-refractivity contribution in [3.63, 3.8) is 0 Å². The number of rotatable bonds is 11. The second-order valence-electron chi connectivity index (χ2n) is 10.8. The highest BCUT2D eigenvalue weighted by Crippen LogP contribution is 2.32. The number of benzene rings is 3. The summed E-state index contributed by atoms with van der Waals surface area (Å²) in [5.74, 6) is -3.39. The molecule has 3 aromatic carbocycles. The van der Waals surface area contributed by atoms with Crippen molar-refractivity contribution in [1.82, 2.24) is 24.9 Å². The first-order valence-electron chi connectivity index (χ1n) is 14.7. The number of carbonyl (C=O) groups is 1. The molecule has 5 aromatic rings. The first kappa shape index (κ1) is 38.5. The first-order valence-corrected chi connectivity index (χ1v) is 18.4. The lowest BCUT2D eigenvalue weighted by Gasteiger charge is -2.14. The summed E-state index contributed by atoms with van der Waals surface area (Å²) in [6.45, 7) is 1.49. The summed E-state index contributed by atoms with van der Waals surface area (Å²) in [7, 11) is -9.43. The molecule has 0 unspecified atom stereocenters. The molecule has 1 amide bonds. The molecule has 0 saturated heterocycles. The van der Waals surface area contributed by atoms with Crippen LogP contribution in [0.4, 0.5) is 54.9 Å². The Morgan fingerprint density at radius 1 is 0.782 bits per heavy atom. The summed E-state index contributed by atoms with van der Waals surface area (Å²) in [6.07, 6.45) is -1.43. The molecule has 1 aliphatic rings. The fourth-order valence-electron chi connectivity index (χ4n) is 4.62. The van der Waals surface area contributed by atoms with Crippen LogP contribution in [0.5, 0.6) is 5.75 Å². The Labute approximate surface area is 317 Å². The van der Waals surface area contributed by atoms with Crippen molar-refractivity contribution in [1.29, 1.82) is 0 Å². The van der Waals surface area contributed by atoms with Crippen LogP contribution in [0, 0.1) is 12.0 Å². The van der Waals surface area contributed by atoms with E-state index in [2.05, 4.69) is 56.5 Å².